The van der Waals surface area contributed by atoms with Crippen molar-refractivity contribution in [1.29, 1.82) is 0 Å². The first-order chi connectivity index (χ1) is 8.83. The van der Waals surface area contributed by atoms with Crippen LogP contribution in [0.25, 0.3) is 0 Å². The van der Waals surface area contributed by atoms with Crippen molar-refractivity contribution in [3.8, 4) is 0 Å². The second kappa shape index (κ2) is 7.16. The van der Waals surface area contributed by atoms with Crippen LogP contribution in [0.4, 0.5) is 0 Å². The first-order valence-electron chi connectivity index (χ1n) is 7.28. The fourth-order valence-electron chi connectivity index (χ4n) is 3.14. The summed E-state index contributed by atoms with van der Waals surface area (Å²) in [4.78, 5) is 0. The van der Waals surface area contributed by atoms with Crippen LogP contribution in [0.5, 0.6) is 0 Å². The summed E-state index contributed by atoms with van der Waals surface area (Å²) >= 11 is 6.39. The van der Waals surface area contributed by atoms with Crippen LogP contribution in [0.1, 0.15) is 50.5 Å². The minimum atomic E-state index is 0.582. The number of benzene rings is 1. The van der Waals surface area contributed by atoms with Crippen LogP contribution < -0.4 is 5.32 Å². The number of rotatable bonds is 5. The van der Waals surface area contributed by atoms with Crippen molar-refractivity contribution in [2.45, 2.75) is 44.9 Å². The molecule has 2 heteroatoms. The molecule has 0 aromatic heterocycles. The van der Waals surface area contributed by atoms with Crippen molar-refractivity contribution in [2.24, 2.45) is 5.92 Å². The van der Waals surface area contributed by atoms with E-state index in [1.807, 2.05) is 12.1 Å². The fourth-order valence-corrected chi connectivity index (χ4v) is 3.42. The van der Waals surface area contributed by atoms with Crippen LogP contribution in [0, 0.1) is 5.92 Å². The maximum Gasteiger partial charge on any atom is 0.0441 e. The Labute approximate surface area is 116 Å². The second-order valence-corrected chi connectivity index (χ2v) is 5.74. The topological polar surface area (TPSA) is 12.0 Å². The van der Waals surface area contributed by atoms with Crippen molar-refractivity contribution in [2.75, 3.05) is 13.1 Å². The predicted molar refractivity (Wildman–Crippen MR) is 79.3 cm³/mol. The molecule has 0 bridgehead atoms. The Balaban J connectivity index is 2.15. The molecule has 0 radical (unpaired) electrons. The molecule has 1 fully saturated rings. The number of likely N-dealkylation sites (N-methyl/N-ethyl adjacent to an activating group) is 1. The van der Waals surface area contributed by atoms with Gasteiger partial charge in [0, 0.05) is 17.5 Å². The zero-order chi connectivity index (χ0) is 12.8. The van der Waals surface area contributed by atoms with E-state index in [9.17, 15) is 0 Å². The highest BCUT2D eigenvalue weighted by molar-refractivity contribution is 6.31. The number of nitrogens with one attached hydrogen (secondary N) is 1. The molecule has 1 unspecified atom stereocenters. The van der Waals surface area contributed by atoms with Gasteiger partial charge in [-0.15, -0.1) is 0 Å². The Morgan fingerprint density at radius 1 is 1.22 bits per heavy atom. The average Bonchev–Trinajstić information content (AvgIpc) is 2.42. The summed E-state index contributed by atoms with van der Waals surface area (Å²) in [5.74, 6) is 1.39. The van der Waals surface area contributed by atoms with Crippen LogP contribution in [-0.4, -0.2) is 13.1 Å². The molecule has 0 amide bonds. The van der Waals surface area contributed by atoms with E-state index in [-0.39, 0.29) is 0 Å². The monoisotopic (exact) mass is 265 g/mol. The summed E-state index contributed by atoms with van der Waals surface area (Å²) in [6.07, 6.45) is 6.91. The molecule has 0 spiro atoms. The van der Waals surface area contributed by atoms with E-state index in [2.05, 4.69) is 24.4 Å². The van der Waals surface area contributed by atoms with E-state index < -0.39 is 0 Å². The molecular formula is C16H24ClN. The molecule has 100 valence electrons. The molecule has 1 aliphatic rings. The van der Waals surface area contributed by atoms with Gasteiger partial charge in [-0.25, -0.2) is 0 Å². The summed E-state index contributed by atoms with van der Waals surface area (Å²) in [5.41, 5.74) is 1.34. The lowest BCUT2D eigenvalue weighted by Gasteiger charge is -2.31. The van der Waals surface area contributed by atoms with Crippen molar-refractivity contribution >= 4 is 11.6 Å². The maximum absolute atomic E-state index is 6.39. The first kappa shape index (κ1) is 13.9. The zero-order valence-corrected chi connectivity index (χ0v) is 12.0. The summed E-state index contributed by atoms with van der Waals surface area (Å²) in [5, 5.41) is 4.45. The third kappa shape index (κ3) is 3.49. The van der Waals surface area contributed by atoms with E-state index in [4.69, 9.17) is 11.6 Å². The molecule has 2 rings (SSSR count). The SMILES string of the molecule is CCNCC(c1ccccc1Cl)C1CCCCC1. The third-order valence-electron chi connectivity index (χ3n) is 4.14. The van der Waals surface area contributed by atoms with Crippen molar-refractivity contribution in [3.05, 3.63) is 34.9 Å². The van der Waals surface area contributed by atoms with E-state index in [1.165, 1.54) is 37.7 Å². The second-order valence-electron chi connectivity index (χ2n) is 5.33. The van der Waals surface area contributed by atoms with Gasteiger partial charge in [0.1, 0.15) is 0 Å². The number of hydrogen-bond donors (Lipinski definition) is 1. The molecule has 18 heavy (non-hydrogen) atoms. The van der Waals surface area contributed by atoms with Crippen LogP contribution >= 0.6 is 11.6 Å². The molecule has 0 heterocycles. The van der Waals surface area contributed by atoms with Crippen molar-refractivity contribution < 1.29 is 0 Å². The normalized spacial score (nSPS) is 18.8. The standard InChI is InChI=1S/C16H24ClN/c1-2-18-12-15(13-8-4-3-5-9-13)14-10-6-7-11-16(14)17/h6-7,10-11,13,15,18H,2-5,8-9,12H2,1H3. The largest absolute Gasteiger partial charge is 0.316 e. The highest BCUT2D eigenvalue weighted by Gasteiger charge is 2.25. The highest BCUT2D eigenvalue weighted by atomic mass is 35.5. The van der Waals surface area contributed by atoms with Gasteiger partial charge in [-0.05, 0) is 36.9 Å². The number of hydrogen-bond acceptors (Lipinski definition) is 1. The maximum atomic E-state index is 6.39. The molecule has 1 aromatic rings. The van der Waals surface area contributed by atoms with Gasteiger partial charge in [-0.1, -0.05) is 56.0 Å². The molecule has 1 aromatic carbocycles. The van der Waals surface area contributed by atoms with E-state index in [1.54, 1.807) is 0 Å². The Morgan fingerprint density at radius 2 is 1.94 bits per heavy atom. The zero-order valence-electron chi connectivity index (χ0n) is 11.3. The van der Waals surface area contributed by atoms with Gasteiger partial charge in [0.15, 0.2) is 0 Å². The van der Waals surface area contributed by atoms with Gasteiger partial charge < -0.3 is 5.32 Å². The average molecular weight is 266 g/mol. The molecule has 1 aliphatic carbocycles. The summed E-state index contributed by atoms with van der Waals surface area (Å²) < 4.78 is 0. The minimum absolute atomic E-state index is 0.582. The number of halogens is 1. The first-order valence-corrected chi connectivity index (χ1v) is 7.66. The smallest absolute Gasteiger partial charge is 0.0441 e. The van der Waals surface area contributed by atoms with E-state index >= 15 is 0 Å². The molecule has 0 aliphatic heterocycles. The Morgan fingerprint density at radius 3 is 2.61 bits per heavy atom. The summed E-state index contributed by atoms with van der Waals surface area (Å²) in [6.45, 7) is 4.27. The fraction of sp³-hybridized carbons (Fsp3) is 0.625. The minimum Gasteiger partial charge on any atom is -0.316 e. The molecule has 1 saturated carbocycles. The van der Waals surface area contributed by atoms with E-state index in [0.717, 1.165) is 24.0 Å². The Bertz CT molecular complexity index is 358. The lowest BCUT2D eigenvalue weighted by molar-refractivity contribution is 0.298. The van der Waals surface area contributed by atoms with Gasteiger partial charge in [0.25, 0.3) is 0 Å². The Kier molecular flexibility index (Phi) is 5.52. The van der Waals surface area contributed by atoms with Gasteiger partial charge in [-0.2, -0.15) is 0 Å². The lowest BCUT2D eigenvalue weighted by Crippen LogP contribution is -2.28. The molecule has 1 N–H and O–H groups in total. The summed E-state index contributed by atoms with van der Waals surface area (Å²) in [6, 6.07) is 8.37. The van der Waals surface area contributed by atoms with Crippen LogP contribution in [-0.2, 0) is 0 Å². The quantitative estimate of drug-likeness (QED) is 0.820. The van der Waals surface area contributed by atoms with Crippen molar-refractivity contribution in [3.63, 3.8) is 0 Å². The van der Waals surface area contributed by atoms with Crippen LogP contribution in [0.15, 0.2) is 24.3 Å². The van der Waals surface area contributed by atoms with Crippen molar-refractivity contribution in [1.82, 2.24) is 5.32 Å². The molecule has 1 atom stereocenters. The lowest BCUT2D eigenvalue weighted by atomic mass is 9.76. The molecule has 0 saturated heterocycles. The van der Waals surface area contributed by atoms with Crippen LogP contribution in [0.3, 0.4) is 0 Å². The van der Waals surface area contributed by atoms with Gasteiger partial charge in [-0.3, -0.25) is 0 Å². The van der Waals surface area contributed by atoms with Gasteiger partial charge in [0.05, 0.1) is 0 Å². The van der Waals surface area contributed by atoms with Gasteiger partial charge >= 0.3 is 0 Å². The molecular weight excluding hydrogens is 242 g/mol. The summed E-state index contributed by atoms with van der Waals surface area (Å²) in [7, 11) is 0. The van der Waals surface area contributed by atoms with Gasteiger partial charge in [0.2, 0.25) is 0 Å². The third-order valence-corrected chi connectivity index (χ3v) is 4.48. The predicted octanol–water partition coefficient (Wildman–Crippen LogP) is 4.61. The Hall–Kier alpha value is -0.530. The molecule has 1 nitrogen and oxygen atoms in total. The van der Waals surface area contributed by atoms with Crippen LogP contribution in [0.2, 0.25) is 5.02 Å². The van der Waals surface area contributed by atoms with E-state index in [0.29, 0.717) is 5.92 Å². The highest BCUT2D eigenvalue weighted by Crippen LogP contribution is 2.38.